The average molecular weight is 437 g/mol. The number of rotatable bonds is 7. The SMILES string of the molecule is C=C(/C=C\c1nnc(Sc2ccnc3ccc(Sc4nncn4C)cc23)n1C)NC. The number of benzene rings is 1. The molecular formula is C20H20N8S2. The predicted molar refractivity (Wildman–Crippen MR) is 119 cm³/mol. The maximum atomic E-state index is 4.50. The van der Waals surface area contributed by atoms with E-state index in [4.69, 9.17) is 0 Å². The first-order valence-electron chi connectivity index (χ1n) is 9.08. The maximum absolute atomic E-state index is 4.50. The smallest absolute Gasteiger partial charge is 0.196 e. The first-order valence-corrected chi connectivity index (χ1v) is 10.7. The van der Waals surface area contributed by atoms with Gasteiger partial charge in [-0.3, -0.25) is 4.98 Å². The molecule has 10 heteroatoms. The van der Waals surface area contributed by atoms with Gasteiger partial charge < -0.3 is 14.5 Å². The van der Waals surface area contributed by atoms with Crippen LogP contribution in [0.15, 0.2) is 75.2 Å². The Kier molecular flexibility index (Phi) is 5.86. The van der Waals surface area contributed by atoms with Crippen molar-refractivity contribution in [3.05, 3.63) is 61.0 Å². The van der Waals surface area contributed by atoms with Crippen LogP contribution in [0.25, 0.3) is 17.0 Å². The Hall–Kier alpha value is -3.11. The molecule has 3 heterocycles. The first-order chi connectivity index (χ1) is 14.5. The molecule has 0 bridgehead atoms. The van der Waals surface area contributed by atoms with Gasteiger partial charge in [0, 0.05) is 48.2 Å². The van der Waals surface area contributed by atoms with E-state index in [0.717, 1.165) is 42.5 Å². The van der Waals surface area contributed by atoms with E-state index in [9.17, 15) is 0 Å². The molecule has 4 rings (SSSR count). The highest BCUT2D eigenvalue weighted by atomic mass is 32.2. The van der Waals surface area contributed by atoms with Crippen molar-refractivity contribution in [2.24, 2.45) is 14.1 Å². The minimum absolute atomic E-state index is 0.755. The lowest BCUT2D eigenvalue weighted by molar-refractivity contribution is 0.782. The van der Waals surface area contributed by atoms with Gasteiger partial charge >= 0.3 is 0 Å². The molecule has 0 spiro atoms. The van der Waals surface area contributed by atoms with E-state index < -0.39 is 0 Å². The summed E-state index contributed by atoms with van der Waals surface area (Å²) in [5.41, 5.74) is 1.73. The summed E-state index contributed by atoms with van der Waals surface area (Å²) in [6, 6.07) is 8.18. The van der Waals surface area contributed by atoms with E-state index in [2.05, 4.69) is 43.3 Å². The van der Waals surface area contributed by atoms with Crippen LogP contribution in [0.1, 0.15) is 5.82 Å². The molecule has 0 atom stereocenters. The van der Waals surface area contributed by atoms with Gasteiger partial charge in [0.2, 0.25) is 0 Å². The summed E-state index contributed by atoms with van der Waals surface area (Å²) in [5.74, 6) is 0.755. The number of nitrogens with one attached hydrogen (secondary N) is 1. The van der Waals surface area contributed by atoms with Crippen LogP contribution in [-0.2, 0) is 14.1 Å². The summed E-state index contributed by atoms with van der Waals surface area (Å²) < 4.78 is 3.85. The number of hydrogen-bond acceptors (Lipinski definition) is 8. The molecular weight excluding hydrogens is 416 g/mol. The minimum atomic E-state index is 0.755. The van der Waals surface area contributed by atoms with Crippen LogP contribution in [0.5, 0.6) is 0 Å². The summed E-state index contributed by atoms with van der Waals surface area (Å²) in [4.78, 5) is 6.63. The molecule has 0 aliphatic rings. The fourth-order valence-corrected chi connectivity index (χ4v) is 4.35. The lowest BCUT2D eigenvalue weighted by atomic mass is 10.2. The van der Waals surface area contributed by atoms with Gasteiger partial charge in [-0.1, -0.05) is 6.58 Å². The molecule has 0 amide bonds. The Morgan fingerprint density at radius 2 is 1.97 bits per heavy atom. The van der Waals surface area contributed by atoms with Crippen LogP contribution < -0.4 is 5.32 Å². The van der Waals surface area contributed by atoms with Crippen molar-refractivity contribution >= 4 is 40.5 Å². The van der Waals surface area contributed by atoms with E-state index >= 15 is 0 Å². The van der Waals surface area contributed by atoms with E-state index in [1.807, 2.05) is 66.8 Å². The Bertz CT molecular complexity index is 1240. The van der Waals surface area contributed by atoms with Gasteiger partial charge in [0.05, 0.1) is 5.52 Å². The van der Waals surface area contributed by atoms with Crippen LogP contribution in [0, 0.1) is 0 Å². The average Bonchev–Trinajstić information content (AvgIpc) is 3.32. The number of aromatic nitrogens is 7. The zero-order valence-corrected chi connectivity index (χ0v) is 18.4. The van der Waals surface area contributed by atoms with Crippen molar-refractivity contribution in [1.82, 2.24) is 39.8 Å². The standard InChI is InChI=1S/C20H20N8S2/c1-13(21-2)5-8-18-24-26-20(28(18)4)30-17-9-10-22-16-7-6-14(11-15(16)17)29-19-25-23-12-27(19)3/h5-12,21H,1H2,2-4H3/b8-5-. The molecule has 30 heavy (non-hydrogen) atoms. The number of pyridine rings is 1. The lowest BCUT2D eigenvalue weighted by Gasteiger charge is -2.07. The highest BCUT2D eigenvalue weighted by Crippen LogP contribution is 2.35. The monoisotopic (exact) mass is 436 g/mol. The Balaban J connectivity index is 1.64. The van der Waals surface area contributed by atoms with Crippen LogP contribution in [-0.4, -0.2) is 41.6 Å². The van der Waals surface area contributed by atoms with Crippen molar-refractivity contribution in [2.75, 3.05) is 7.05 Å². The first kappa shape index (κ1) is 20.2. The number of aryl methyl sites for hydroxylation is 1. The van der Waals surface area contributed by atoms with Crippen LogP contribution >= 0.6 is 23.5 Å². The molecule has 3 aromatic heterocycles. The van der Waals surface area contributed by atoms with Crippen molar-refractivity contribution in [3.63, 3.8) is 0 Å². The molecule has 0 radical (unpaired) electrons. The fourth-order valence-electron chi connectivity index (χ4n) is 2.64. The summed E-state index contributed by atoms with van der Waals surface area (Å²) >= 11 is 3.12. The number of allylic oxidation sites excluding steroid dienone is 1. The third kappa shape index (κ3) is 4.24. The maximum Gasteiger partial charge on any atom is 0.196 e. The molecule has 1 N–H and O–H groups in total. The lowest BCUT2D eigenvalue weighted by Crippen LogP contribution is -2.01. The molecule has 0 saturated carbocycles. The van der Waals surface area contributed by atoms with Gasteiger partial charge in [0.1, 0.15) is 6.33 Å². The highest BCUT2D eigenvalue weighted by Gasteiger charge is 2.12. The third-order valence-corrected chi connectivity index (χ3v) is 6.53. The van der Waals surface area contributed by atoms with Gasteiger partial charge in [0.15, 0.2) is 16.1 Å². The van der Waals surface area contributed by atoms with E-state index in [1.54, 1.807) is 29.9 Å². The summed E-state index contributed by atoms with van der Waals surface area (Å²) in [6.07, 6.45) is 7.26. The van der Waals surface area contributed by atoms with E-state index in [0.29, 0.717) is 0 Å². The molecule has 4 aromatic rings. The minimum Gasteiger partial charge on any atom is -0.389 e. The second kappa shape index (κ2) is 8.72. The van der Waals surface area contributed by atoms with Gasteiger partial charge in [-0.15, -0.1) is 20.4 Å². The van der Waals surface area contributed by atoms with Gasteiger partial charge in [-0.05, 0) is 59.9 Å². The topological polar surface area (TPSA) is 86.3 Å². The van der Waals surface area contributed by atoms with Crippen LogP contribution in [0.3, 0.4) is 0 Å². The fraction of sp³-hybridized carbons (Fsp3) is 0.150. The third-order valence-electron chi connectivity index (χ3n) is 4.38. The molecule has 8 nitrogen and oxygen atoms in total. The summed E-state index contributed by atoms with van der Waals surface area (Å²) in [7, 11) is 5.71. The van der Waals surface area contributed by atoms with Crippen molar-refractivity contribution in [2.45, 2.75) is 20.1 Å². The number of likely N-dealkylation sites (N-methyl/N-ethyl adjacent to an activating group) is 1. The van der Waals surface area contributed by atoms with Gasteiger partial charge in [-0.2, -0.15) is 0 Å². The second-order valence-corrected chi connectivity index (χ2v) is 8.47. The Labute approximate surface area is 182 Å². The van der Waals surface area contributed by atoms with Crippen LogP contribution in [0.2, 0.25) is 0 Å². The van der Waals surface area contributed by atoms with Crippen LogP contribution in [0.4, 0.5) is 0 Å². The molecule has 0 unspecified atom stereocenters. The van der Waals surface area contributed by atoms with E-state index in [1.165, 1.54) is 0 Å². The molecule has 1 aromatic carbocycles. The largest absolute Gasteiger partial charge is 0.389 e. The van der Waals surface area contributed by atoms with Crippen molar-refractivity contribution in [3.8, 4) is 0 Å². The Morgan fingerprint density at radius 3 is 2.73 bits per heavy atom. The molecule has 0 aliphatic carbocycles. The zero-order valence-electron chi connectivity index (χ0n) is 16.8. The predicted octanol–water partition coefficient (Wildman–Crippen LogP) is 3.54. The molecule has 152 valence electrons. The summed E-state index contributed by atoms with van der Waals surface area (Å²) in [6.45, 7) is 3.89. The number of fused-ring (bicyclic) bond motifs is 1. The number of nitrogens with zero attached hydrogens (tertiary/aromatic N) is 7. The number of hydrogen-bond donors (Lipinski definition) is 1. The molecule has 0 fully saturated rings. The van der Waals surface area contributed by atoms with E-state index in [-0.39, 0.29) is 0 Å². The highest BCUT2D eigenvalue weighted by molar-refractivity contribution is 7.99. The molecule has 0 saturated heterocycles. The quantitative estimate of drug-likeness (QED) is 0.440. The Morgan fingerprint density at radius 1 is 1.10 bits per heavy atom. The van der Waals surface area contributed by atoms with Crippen molar-refractivity contribution < 1.29 is 0 Å². The van der Waals surface area contributed by atoms with Gasteiger partial charge in [-0.25, -0.2) is 0 Å². The normalized spacial score (nSPS) is 11.4. The molecule has 0 aliphatic heterocycles. The summed E-state index contributed by atoms with van der Waals surface area (Å²) in [5, 5.41) is 22.4. The zero-order chi connectivity index (χ0) is 21.1. The van der Waals surface area contributed by atoms with Gasteiger partial charge in [0.25, 0.3) is 0 Å². The van der Waals surface area contributed by atoms with Crippen molar-refractivity contribution in [1.29, 1.82) is 0 Å². The second-order valence-electron chi connectivity index (χ2n) is 6.42.